The molecule has 1 unspecified atom stereocenters. The first-order valence-corrected chi connectivity index (χ1v) is 11.0. The Morgan fingerprint density at radius 3 is 2.52 bits per heavy atom. The summed E-state index contributed by atoms with van der Waals surface area (Å²) in [6, 6.07) is 14.3. The largest absolute Gasteiger partial charge is 0.391 e. The first-order chi connectivity index (χ1) is 15.0. The summed E-state index contributed by atoms with van der Waals surface area (Å²) in [6.45, 7) is 5.44. The van der Waals surface area contributed by atoms with E-state index in [1.54, 1.807) is 6.07 Å². The van der Waals surface area contributed by atoms with Crippen LogP contribution in [0.5, 0.6) is 0 Å². The molecule has 31 heavy (non-hydrogen) atoms. The van der Waals surface area contributed by atoms with E-state index in [0.717, 1.165) is 43.6 Å². The fraction of sp³-hybridized carbons (Fsp3) is 0.458. The predicted molar refractivity (Wildman–Crippen MR) is 120 cm³/mol. The van der Waals surface area contributed by atoms with Crippen LogP contribution >= 0.6 is 0 Å². The summed E-state index contributed by atoms with van der Waals surface area (Å²) in [7, 11) is 0. The van der Waals surface area contributed by atoms with Gasteiger partial charge in [0.2, 0.25) is 0 Å². The third-order valence-electron chi connectivity index (χ3n) is 5.44. The highest BCUT2D eigenvalue weighted by Crippen LogP contribution is 2.16. The summed E-state index contributed by atoms with van der Waals surface area (Å²) in [5, 5.41) is 17.0. The second-order valence-electron chi connectivity index (χ2n) is 8.01. The molecule has 0 radical (unpaired) electrons. The summed E-state index contributed by atoms with van der Waals surface area (Å²) in [5.74, 6) is -0.889. The van der Waals surface area contributed by atoms with Crippen molar-refractivity contribution in [2.45, 2.75) is 44.9 Å². The molecule has 1 saturated heterocycles. The molecule has 2 aromatic carbocycles. The zero-order valence-corrected chi connectivity index (χ0v) is 18.0. The lowest BCUT2D eigenvalue weighted by Crippen LogP contribution is -2.48. The molecule has 3 rings (SSSR count). The summed E-state index contributed by atoms with van der Waals surface area (Å²) in [5.41, 5.74) is 1.88. The van der Waals surface area contributed by atoms with Crippen molar-refractivity contribution in [1.82, 2.24) is 15.5 Å². The number of aliphatic imine (C=N–C) groups is 1. The van der Waals surface area contributed by atoms with Crippen molar-refractivity contribution in [3.05, 3.63) is 71.3 Å². The van der Waals surface area contributed by atoms with Gasteiger partial charge >= 0.3 is 0 Å². The van der Waals surface area contributed by atoms with Crippen LogP contribution in [0, 0.1) is 11.6 Å². The maximum Gasteiger partial charge on any atom is 0.191 e. The summed E-state index contributed by atoms with van der Waals surface area (Å²) in [6.07, 6.45) is 1.91. The second-order valence-corrected chi connectivity index (χ2v) is 8.01. The Morgan fingerprint density at radius 2 is 1.84 bits per heavy atom. The molecular weight excluding hydrogens is 398 g/mol. The number of likely N-dealkylation sites (tertiary alicyclic amines) is 1. The monoisotopic (exact) mass is 430 g/mol. The quantitative estimate of drug-likeness (QED) is 0.445. The predicted octanol–water partition coefficient (Wildman–Crippen LogP) is 3.09. The number of benzene rings is 2. The van der Waals surface area contributed by atoms with Crippen molar-refractivity contribution in [2.24, 2.45) is 4.99 Å². The Hall–Kier alpha value is -2.51. The number of halogens is 2. The molecule has 0 aromatic heterocycles. The molecule has 0 bridgehead atoms. The van der Waals surface area contributed by atoms with Crippen LogP contribution in [-0.2, 0) is 13.0 Å². The van der Waals surface area contributed by atoms with Crippen LogP contribution in [-0.4, -0.2) is 54.3 Å². The standard InChI is InChI=1S/C24H32F2N4O/c1-2-27-24(28-16-21(31)14-18-6-4-3-5-7-18)29-20-10-12-30(13-11-20)17-19-8-9-22(25)23(26)15-19/h3-9,15,20-21,31H,2,10-14,16-17H2,1H3,(H2,27,28,29). The van der Waals surface area contributed by atoms with E-state index in [0.29, 0.717) is 25.5 Å². The van der Waals surface area contributed by atoms with E-state index in [4.69, 9.17) is 0 Å². The minimum atomic E-state index is -0.809. The minimum Gasteiger partial charge on any atom is -0.391 e. The van der Waals surface area contributed by atoms with E-state index < -0.39 is 17.7 Å². The van der Waals surface area contributed by atoms with Gasteiger partial charge in [0.05, 0.1) is 12.6 Å². The molecule has 2 aromatic rings. The molecule has 168 valence electrons. The van der Waals surface area contributed by atoms with Gasteiger partial charge in [0.15, 0.2) is 17.6 Å². The van der Waals surface area contributed by atoms with Gasteiger partial charge in [-0.1, -0.05) is 36.4 Å². The highest BCUT2D eigenvalue weighted by atomic mass is 19.2. The van der Waals surface area contributed by atoms with Crippen molar-refractivity contribution in [1.29, 1.82) is 0 Å². The van der Waals surface area contributed by atoms with E-state index in [1.165, 1.54) is 12.1 Å². The van der Waals surface area contributed by atoms with Gasteiger partial charge in [0, 0.05) is 38.6 Å². The topological polar surface area (TPSA) is 59.9 Å². The smallest absolute Gasteiger partial charge is 0.191 e. The molecule has 3 N–H and O–H groups in total. The maximum atomic E-state index is 13.4. The van der Waals surface area contributed by atoms with Crippen LogP contribution in [0.3, 0.4) is 0 Å². The average molecular weight is 431 g/mol. The van der Waals surface area contributed by atoms with Gasteiger partial charge in [0.1, 0.15) is 0 Å². The number of guanidine groups is 1. The molecule has 1 heterocycles. The Labute approximate surface area is 183 Å². The molecule has 0 saturated carbocycles. The minimum absolute atomic E-state index is 0.283. The van der Waals surface area contributed by atoms with E-state index in [2.05, 4.69) is 20.5 Å². The molecule has 0 spiro atoms. The Bertz CT molecular complexity index is 839. The van der Waals surface area contributed by atoms with Crippen molar-refractivity contribution in [3.8, 4) is 0 Å². The lowest BCUT2D eigenvalue weighted by molar-refractivity contribution is 0.183. The Balaban J connectivity index is 1.45. The van der Waals surface area contributed by atoms with E-state index in [-0.39, 0.29) is 6.04 Å². The van der Waals surface area contributed by atoms with Crippen molar-refractivity contribution in [3.63, 3.8) is 0 Å². The van der Waals surface area contributed by atoms with Crippen molar-refractivity contribution in [2.75, 3.05) is 26.2 Å². The highest BCUT2D eigenvalue weighted by molar-refractivity contribution is 5.80. The van der Waals surface area contributed by atoms with Crippen LogP contribution in [0.1, 0.15) is 30.9 Å². The molecule has 0 aliphatic carbocycles. The number of hydrogen-bond donors (Lipinski definition) is 3. The SMILES string of the molecule is CCNC(=NCC(O)Cc1ccccc1)NC1CCN(Cc2ccc(F)c(F)c2)CC1. The van der Waals surface area contributed by atoms with Gasteiger partial charge in [-0.3, -0.25) is 9.89 Å². The summed E-state index contributed by atoms with van der Waals surface area (Å²) < 4.78 is 26.5. The van der Waals surface area contributed by atoms with Crippen LogP contribution < -0.4 is 10.6 Å². The number of aliphatic hydroxyl groups is 1. The zero-order valence-electron chi connectivity index (χ0n) is 18.0. The summed E-state index contributed by atoms with van der Waals surface area (Å²) in [4.78, 5) is 6.81. The molecule has 5 nitrogen and oxygen atoms in total. The van der Waals surface area contributed by atoms with Crippen LogP contribution in [0.15, 0.2) is 53.5 Å². The average Bonchev–Trinajstić information content (AvgIpc) is 2.77. The zero-order chi connectivity index (χ0) is 22.1. The third kappa shape index (κ3) is 7.60. The van der Waals surface area contributed by atoms with E-state index >= 15 is 0 Å². The number of piperidine rings is 1. The lowest BCUT2D eigenvalue weighted by Gasteiger charge is -2.33. The first kappa shape index (κ1) is 23.2. The van der Waals surface area contributed by atoms with Gasteiger partial charge in [-0.2, -0.15) is 0 Å². The molecule has 7 heteroatoms. The Kier molecular flexibility index (Phi) is 8.79. The van der Waals surface area contributed by atoms with E-state index in [1.807, 2.05) is 37.3 Å². The molecule has 1 fully saturated rings. The fourth-order valence-electron chi connectivity index (χ4n) is 3.79. The first-order valence-electron chi connectivity index (χ1n) is 11.0. The number of aliphatic hydroxyl groups excluding tert-OH is 1. The number of nitrogens with zero attached hydrogens (tertiary/aromatic N) is 2. The molecule has 1 atom stereocenters. The van der Waals surface area contributed by atoms with E-state index in [9.17, 15) is 13.9 Å². The molecule has 0 amide bonds. The second kappa shape index (κ2) is 11.8. The summed E-state index contributed by atoms with van der Waals surface area (Å²) >= 11 is 0. The fourth-order valence-corrected chi connectivity index (χ4v) is 3.79. The van der Waals surface area contributed by atoms with Gasteiger partial charge in [0.25, 0.3) is 0 Å². The number of hydrogen-bond acceptors (Lipinski definition) is 3. The maximum absolute atomic E-state index is 13.4. The van der Waals surface area contributed by atoms with Gasteiger partial charge < -0.3 is 15.7 Å². The van der Waals surface area contributed by atoms with Crippen LogP contribution in [0.4, 0.5) is 8.78 Å². The molecule has 1 aliphatic rings. The Morgan fingerprint density at radius 1 is 1.10 bits per heavy atom. The molecular formula is C24H32F2N4O. The third-order valence-corrected chi connectivity index (χ3v) is 5.44. The van der Waals surface area contributed by atoms with Gasteiger partial charge in [-0.25, -0.2) is 8.78 Å². The van der Waals surface area contributed by atoms with Crippen LogP contribution in [0.2, 0.25) is 0 Å². The van der Waals surface area contributed by atoms with Crippen LogP contribution in [0.25, 0.3) is 0 Å². The highest BCUT2D eigenvalue weighted by Gasteiger charge is 2.20. The lowest BCUT2D eigenvalue weighted by atomic mass is 10.0. The van der Waals surface area contributed by atoms with Gasteiger partial charge in [-0.05, 0) is 43.0 Å². The van der Waals surface area contributed by atoms with Gasteiger partial charge in [-0.15, -0.1) is 0 Å². The number of nitrogens with one attached hydrogen (secondary N) is 2. The van der Waals surface area contributed by atoms with Crippen molar-refractivity contribution < 1.29 is 13.9 Å². The van der Waals surface area contributed by atoms with Crippen molar-refractivity contribution >= 4 is 5.96 Å². The molecule has 1 aliphatic heterocycles. The normalized spacial score (nSPS) is 16.8. The number of rotatable bonds is 8.